The predicted octanol–water partition coefficient (Wildman–Crippen LogP) is 2.75. The van der Waals surface area contributed by atoms with E-state index in [1.165, 1.54) is 11.8 Å². The van der Waals surface area contributed by atoms with Crippen molar-refractivity contribution in [1.82, 2.24) is 4.90 Å². The number of nitrogens with zero attached hydrogens (tertiary/aromatic N) is 1. The Labute approximate surface area is 161 Å². The number of halogens is 1. The summed E-state index contributed by atoms with van der Waals surface area (Å²) in [4.78, 5) is 27.8. The van der Waals surface area contributed by atoms with E-state index in [-0.39, 0.29) is 24.5 Å². The number of hydrogen-bond donors (Lipinski definition) is 1. The molecule has 3 aliphatic rings. The minimum absolute atomic E-state index is 0.0294. The molecular weight excluding hydrogens is 376 g/mol. The minimum Gasteiger partial charge on any atom is -0.350 e. The molecule has 140 valence electrons. The summed E-state index contributed by atoms with van der Waals surface area (Å²) in [6, 6.07) is 5.41. The zero-order valence-corrected chi connectivity index (χ0v) is 15.9. The number of likely N-dealkylation sites (tertiary alicyclic amines) is 1. The molecule has 1 unspecified atom stereocenters. The highest BCUT2D eigenvalue weighted by Gasteiger charge is 2.34. The van der Waals surface area contributed by atoms with Gasteiger partial charge in [0.05, 0.1) is 24.2 Å². The van der Waals surface area contributed by atoms with Crippen molar-refractivity contribution in [2.75, 3.05) is 31.6 Å². The van der Waals surface area contributed by atoms with Crippen molar-refractivity contribution in [1.29, 1.82) is 0 Å². The van der Waals surface area contributed by atoms with Gasteiger partial charge in [0.15, 0.2) is 6.29 Å². The van der Waals surface area contributed by atoms with Gasteiger partial charge in [-0.3, -0.25) is 9.59 Å². The van der Waals surface area contributed by atoms with Crippen LogP contribution in [-0.2, 0) is 19.1 Å². The highest BCUT2D eigenvalue weighted by atomic mass is 35.5. The molecule has 0 aromatic heterocycles. The number of fused-ring (bicyclic) bond motifs is 1. The summed E-state index contributed by atoms with van der Waals surface area (Å²) in [5, 5.41) is 3.03. The second-order valence-corrected chi connectivity index (χ2v) is 8.45. The van der Waals surface area contributed by atoms with E-state index in [4.69, 9.17) is 21.1 Å². The maximum atomic E-state index is 12.7. The van der Waals surface area contributed by atoms with E-state index in [0.29, 0.717) is 42.9 Å². The van der Waals surface area contributed by atoms with Crippen LogP contribution in [0.25, 0.3) is 0 Å². The average Bonchev–Trinajstić information content (AvgIpc) is 3.17. The first-order valence-corrected chi connectivity index (χ1v) is 10.1. The second kappa shape index (κ2) is 7.76. The fraction of sp³-hybridized carbons (Fsp3) is 0.556. The van der Waals surface area contributed by atoms with Gasteiger partial charge in [0.25, 0.3) is 0 Å². The summed E-state index contributed by atoms with van der Waals surface area (Å²) >= 11 is 7.40. The fourth-order valence-corrected chi connectivity index (χ4v) is 4.87. The number of benzene rings is 1. The quantitative estimate of drug-likeness (QED) is 0.850. The van der Waals surface area contributed by atoms with Gasteiger partial charge < -0.3 is 19.7 Å². The van der Waals surface area contributed by atoms with Crippen molar-refractivity contribution < 1.29 is 19.1 Å². The summed E-state index contributed by atoms with van der Waals surface area (Å²) in [5.41, 5.74) is 0.716. The molecule has 2 fully saturated rings. The summed E-state index contributed by atoms with van der Waals surface area (Å²) in [7, 11) is 0. The standard InChI is InChI=1S/C18H21ClN2O4S/c19-12-1-2-14-13(9-12)20-17(23)15(26-14)10-16(22)21-5-3-11(4-6-21)18-24-7-8-25-18/h1-2,9,11,15,18H,3-8,10H2,(H,20,23). The van der Waals surface area contributed by atoms with Crippen LogP contribution in [0, 0.1) is 5.92 Å². The van der Waals surface area contributed by atoms with Gasteiger partial charge in [-0.1, -0.05) is 11.6 Å². The lowest BCUT2D eigenvalue weighted by Gasteiger charge is -2.34. The van der Waals surface area contributed by atoms with Crippen LogP contribution >= 0.6 is 23.4 Å². The summed E-state index contributed by atoms with van der Waals surface area (Å²) < 4.78 is 11.1. The normalized spacial score (nSPS) is 24.4. The molecule has 1 aromatic carbocycles. The van der Waals surface area contributed by atoms with Crippen molar-refractivity contribution >= 4 is 40.9 Å². The molecule has 0 spiro atoms. The largest absolute Gasteiger partial charge is 0.350 e. The monoisotopic (exact) mass is 396 g/mol. The minimum atomic E-state index is -0.407. The van der Waals surface area contributed by atoms with Gasteiger partial charge in [-0.15, -0.1) is 11.8 Å². The van der Waals surface area contributed by atoms with Crippen LogP contribution in [-0.4, -0.2) is 54.6 Å². The molecule has 1 N–H and O–H groups in total. The third-order valence-electron chi connectivity index (χ3n) is 5.05. The lowest BCUT2D eigenvalue weighted by molar-refractivity contribution is -0.137. The maximum absolute atomic E-state index is 12.7. The fourth-order valence-electron chi connectivity index (χ4n) is 3.61. The van der Waals surface area contributed by atoms with E-state index in [1.54, 1.807) is 12.1 Å². The first kappa shape index (κ1) is 18.1. The van der Waals surface area contributed by atoms with Gasteiger partial charge in [0.2, 0.25) is 11.8 Å². The third-order valence-corrected chi connectivity index (χ3v) is 6.56. The molecule has 4 rings (SSSR count). The Morgan fingerprint density at radius 1 is 1.27 bits per heavy atom. The number of ether oxygens (including phenoxy) is 2. The number of hydrogen-bond acceptors (Lipinski definition) is 5. The number of nitrogens with one attached hydrogen (secondary N) is 1. The van der Waals surface area contributed by atoms with Crippen LogP contribution in [0.2, 0.25) is 5.02 Å². The average molecular weight is 397 g/mol. The van der Waals surface area contributed by atoms with Crippen LogP contribution in [0.1, 0.15) is 19.3 Å². The summed E-state index contributed by atoms with van der Waals surface area (Å²) in [5.74, 6) is 0.244. The van der Waals surface area contributed by atoms with Crippen molar-refractivity contribution in [2.45, 2.75) is 35.7 Å². The van der Waals surface area contributed by atoms with Gasteiger partial charge in [-0.2, -0.15) is 0 Å². The van der Waals surface area contributed by atoms with E-state index in [2.05, 4.69) is 5.32 Å². The molecule has 1 aromatic rings. The number of amides is 2. The lowest BCUT2D eigenvalue weighted by atomic mass is 9.96. The zero-order valence-electron chi connectivity index (χ0n) is 14.3. The number of carbonyl (C=O) groups excluding carboxylic acids is 2. The number of thioether (sulfide) groups is 1. The Kier molecular flexibility index (Phi) is 5.40. The first-order chi connectivity index (χ1) is 12.6. The first-order valence-electron chi connectivity index (χ1n) is 8.88. The van der Waals surface area contributed by atoms with Crippen molar-refractivity contribution in [3.8, 4) is 0 Å². The zero-order chi connectivity index (χ0) is 18.1. The predicted molar refractivity (Wildman–Crippen MR) is 99.3 cm³/mol. The van der Waals surface area contributed by atoms with E-state index < -0.39 is 5.25 Å². The van der Waals surface area contributed by atoms with Gasteiger partial charge in [-0.05, 0) is 31.0 Å². The number of anilines is 1. The lowest BCUT2D eigenvalue weighted by Crippen LogP contribution is -2.43. The van der Waals surface area contributed by atoms with Gasteiger partial charge in [0.1, 0.15) is 0 Å². The van der Waals surface area contributed by atoms with Gasteiger partial charge in [-0.25, -0.2) is 0 Å². The molecule has 0 aliphatic carbocycles. The molecule has 0 bridgehead atoms. The molecule has 8 heteroatoms. The van der Waals surface area contributed by atoms with Crippen LogP contribution in [0.15, 0.2) is 23.1 Å². The molecular formula is C18H21ClN2O4S. The molecule has 0 radical (unpaired) electrons. The Bertz CT molecular complexity index is 702. The maximum Gasteiger partial charge on any atom is 0.238 e. The topological polar surface area (TPSA) is 67.9 Å². The van der Waals surface area contributed by atoms with Gasteiger partial charge in [0, 0.05) is 35.3 Å². The highest BCUT2D eigenvalue weighted by Crippen LogP contribution is 2.38. The van der Waals surface area contributed by atoms with Crippen molar-refractivity contribution in [3.05, 3.63) is 23.2 Å². The molecule has 2 amide bonds. The Morgan fingerprint density at radius 2 is 2.00 bits per heavy atom. The number of carbonyl (C=O) groups is 2. The molecule has 3 heterocycles. The van der Waals surface area contributed by atoms with Crippen LogP contribution in [0.5, 0.6) is 0 Å². The summed E-state index contributed by atoms with van der Waals surface area (Å²) in [6.45, 7) is 2.70. The molecule has 0 saturated carbocycles. The van der Waals surface area contributed by atoms with Crippen LogP contribution < -0.4 is 5.32 Å². The molecule has 3 aliphatic heterocycles. The van der Waals surface area contributed by atoms with E-state index in [1.807, 2.05) is 11.0 Å². The highest BCUT2D eigenvalue weighted by molar-refractivity contribution is 8.01. The van der Waals surface area contributed by atoms with Crippen LogP contribution in [0.4, 0.5) is 5.69 Å². The summed E-state index contributed by atoms with van der Waals surface area (Å²) in [6.07, 6.45) is 1.85. The van der Waals surface area contributed by atoms with Crippen molar-refractivity contribution in [2.24, 2.45) is 5.92 Å². The van der Waals surface area contributed by atoms with Crippen LogP contribution in [0.3, 0.4) is 0 Å². The Hall–Kier alpha value is -1.28. The van der Waals surface area contributed by atoms with E-state index in [9.17, 15) is 9.59 Å². The smallest absolute Gasteiger partial charge is 0.238 e. The van der Waals surface area contributed by atoms with E-state index in [0.717, 1.165) is 17.7 Å². The molecule has 1 atom stereocenters. The third kappa shape index (κ3) is 3.86. The SMILES string of the molecule is O=C1Nc2cc(Cl)ccc2SC1CC(=O)N1CCC(C2OCCO2)CC1. The molecule has 6 nitrogen and oxygen atoms in total. The van der Waals surface area contributed by atoms with Gasteiger partial charge >= 0.3 is 0 Å². The molecule has 2 saturated heterocycles. The molecule has 26 heavy (non-hydrogen) atoms. The Balaban J connectivity index is 1.32. The Morgan fingerprint density at radius 3 is 2.73 bits per heavy atom. The van der Waals surface area contributed by atoms with Crippen molar-refractivity contribution in [3.63, 3.8) is 0 Å². The number of rotatable bonds is 3. The van der Waals surface area contributed by atoms with E-state index >= 15 is 0 Å². The second-order valence-electron chi connectivity index (χ2n) is 6.77. The number of piperidine rings is 1.